The Bertz CT molecular complexity index is 416. The summed E-state index contributed by atoms with van der Waals surface area (Å²) in [4.78, 5) is 11.3. The Kier molecular flexibility index (Phi) is 2.12. The number of carbonyl (C=O) groups excluding carboxylic acids is 1. The maximum Gasteiger partial charge on any atom is 0.160 e. The molecule has 0 unspecified atom stereocenters. The van der Waals surface area contributed by atoms with Crippen LogP contribution in [0.25, 0.3) is 5.57 Å². The standard InChI is InChI=1S/C12H12O2/c1-8(13)11-5-3-9-7-10(14-2)4-6-12(9)11/h4-7H,3H2,1-2H3. The molecule has 0 amide bonds. The number of allylic oxidation sites excluding steroid dienone is 2. The van der Waals surface area contributed by atoms with Crippen molar-refractivity contribution in [1.29, 1.82) is 0 Å². The summed E-state index contributed by atoms with van der Waals surface area (Å²) in [6.07, 6.45) is 2.81. The Morgan fingerprint density at radius 3 is 2.86 bits per heavy atom. The maximum absolute atomic E-state index is 11.3. The quantitative estimate of drug-likeness (QED) is 0.711. The van der Waals surface area contributed by atoms with Gasteiger partial charge in [-0.2, -0.15) is 0 Å². The van der Waals surface area contributed by atoms with Crippen LogP contribution in [0.3, 0.4) is 0 Å². The zero-order valence-corrected chi connectivity index (χ0v) is 8.33. The van der Waals surface area contributed by atoms with Crippen molar-refractivity contribution in [3.8, 4) is 5.75 Å². The van der Waals surface area contributed by atoms with E-state index in [4.69, 9.17) is 4.74 Å². The van der Waals surface area contributed by atoms with Crippen molar-refractivity contribution in [2.45, 2.75) is 13.3 Å². The molecule has 72 valence electrons. The summed E-state index contributed by atoms with van der Waals surface area (Å²) in [5, 5.41) is 0. The van der Waals surface area contributed by atoms with E-state index in [9.17, 15) is 4.79 Å². The van der Waals surface area contributed by atoms with E-state index in [0.29, 0.717) is 0 Å². The first-order valence-electron chi connectivity index (χ1n) is 4.61. The normalized spacial score (nSPS) is 13.4. The highest BCUT2D eigenvalue weighted by Crippen LogP contribution is 2.30. The first-order valence-corrected chi connectivity index (χ1v) is 4.61. The van der Waals surface area contributed by atoms with Crippen molar-refractivity contribution < 1.29 is 9.53 Å². The highest BCUT2D eigenvalue weighted by Gasteiger charge is 2.17. The largest absolute Gasteiger partial charge is 0.497 e. The zero-order chi connectivity index (χ0) is 10.1. The van der Waals surface area contributed by atoms with Gasteiger partial charge in [0.05, 0.1) is 7.11 Å². The summed E-state index contributed by atoms with van der Waals surface area (Å²) in [5.74, 6) is 0.982. The van der Waals surface area contributed by atoms with Crippen LogP contribution < -0.4 is 4.74 Å². The van der Waals surface area contributed by atoms with Crippen molar-refractivity contribution >= 4 is 11.4 Å². The van der Waals surface area contributed by atoms with Crippen LogP contribution in [-0.4, -0.2) is 12.9 Å². The minimum Gasteiger partial charge on any atom is -0.497 e. The van der Waals surface area contributed by atoms with Crippen molar-refractivity contribution in [3.05, 3.63) is 35.4 Å². The molecule has 1 aliphatic rings. The van der Waals surface area contributed by atoms with Gasteiger partial charge in [0.15, 0.2) is 5.78 Å². The lowest BCUT2D eigenvalue weighted by Crippen LogP contribution is -1.94. The van der Waals surface area contributed by atoms with E-state index in [1.165, 1.54) is 5.56 Å². The molecule has 0 aliphatic heterocycles. The smallest absolute Gasteiger partial charge is 0.160 e. The second-order valence-electron chi connectivity index (χ2n) is 3.40. The van der Waals surface area contributed by atoms with E-state index in [1.807, 2.05) is 24.3 Å². The first-order chi connectivity index (χ1) is 6.72. The maximum atomic E-state index is 11.3. The molecule has 0 N–H and O–H groups in total. The fraction of sp³-hybridized carbons (Fsp3) is 0.250. The van der Waals surface area contributed by atoms with E-state index in [2.05, 4.69) is 0 Å². The number of rotatable bonds is 2. The Balaban J connectivity index is 2.44. The van der Waals surface area contributed by atoms with Gasteiger partial charge in [-0.15, -0.1) is 0 Å². The number of ether oxygens (including phenoxy) is 1. The summed E-state index contributed by atoms with van der Waals surface area (Å²) < 4.78 is 5.13. The number of fused-ring (bicyclic) bond motifs is 1. The monoisotopic (exact) mass is 188 g/mol. The van der Waals surface area contributed by atoms with Gasteiger partial charge in [-0.05, 0) is 36.6 Å². The molecule has 0 saturated heterocycles. The molecule has 2 heteroatoms. The minimum atomic E-state index is 0.133. The number of benzene rings is 1. The predicted octanol–water partition coefficient (Wildman–Crippen LogP) is 2.22. The molecule has 0 fully saturated rings. The third-order valence-corrected chi connectivity index (χ3v) is 2.51. The Labute approximate surface area is 83.2 Å². The van der Waals surface area contributed by atoms with Gasteiger partial charge in [0.25, 0.3) is 0 Å². The summed E-state index contributed by atoms with van der Waals surface area (Å²) >= 11 is 0. The molecule has 0 spiro atoms. The summed E-state index contributed by atoms with van der Waals surface area (Å²) in [6, 6.07) is 5.83. The summed E-state index contributed by atoms with van der Waals surface area (Å²) in [5.41, 5.74) is 3.07. The van der Waals surface area contributed by atoms with Gasteiger partial charge in [-0.1, -0.05) is 12.1 Å². The molecule has 0 radical (unpaired) electrons. The number of Topliss-reactive ketones (excluding diaryl/α,β-unsaturated/α-hetero) is 1. The summed E-state index contributed by atoms with van der Waals surface area (Å²) in [7, 11) is 1.65. The third-order valence-electron chi connectivity index (χ3n) is 2.51. The number of carbonyl (C=O) groups is 1. The van der Waals surface area contributed by atoms with Crippen LogP contribution in [0.5, 0.6) is 5.75 Å². The molecule has 0 saturated carbocycles. The van der Waals surface area contributed by atoms with E-state index in [-0.39, 0.29) is 5.78 Å². The molecule has 2 rings (SSSR count). The second kappa shape index (κ2) is 3.29. The van der Waals surface area contributed by atoms with Crippen molar-refractivity contribution in [2.24, 2.45) is 0 Å². The lowest BCUT2D eigenvalue weighted by Gasteiger charge is -2.05. The van der Waals surface area contributed by atoms with Crippen LogP contribution in [0.15, 0.2) is 24.3 Å². The van der Waals surface area contributed by atoms with E-state index >= 15 is 0 Å². The highest BCUT2D eigenvalue weighted by atomic mass is 16.5. The summed E-state index contributed by atoms with van der Waals surface area (Å²) in [6.45, 7) is 1.60. The average molecular weight is 188 g/mol. The highest BCUT2D eigenvalue weighted by molar-refractivity contribution is 6.20. The molecular weight excluding hydrogens is 176 g/mol. The van der Waals surface area contributed by atoms with Crippen molar-refractivity contribution in [1.82, 2.24) is 0 Å². The third kappa shape index (κ3) is 1.33. The Morgan fingerprint density at radius 2 is 2.21 bits per heavy atom. The molecule has 0 bridgehead atoms. The molecule has 1 aromatic carbocycles. The molecule has 1 aliphatic carbocycles. The van der Waals surface area contributed by atoms with Gasteiger partial charge >= 0.3 is 0 Å². The van der Waals surface area contributed by atoms with Crippen LogP contribution in [-0.2, 0) is 11.2 Å². The SMILES string of the molecule is COc1ccc2c(c1)CC=C2C(C)=O. The van der Waals surface area contributed by atoms with Gasteiger partial charge in [0.1, 0.15) is 5.75 Å². The van der Waals surface area contributed by atoms with Gasteiger partial charge in [0.2, 0.25) is 0 Å². The van der Waals surface area contributed by atoms with Crippen LogP contribution >= 0.6 is 0 Å². The van der Waals surface area contributed by atoms with Crippen molar-refractivity contribution in [2.75, 3.05) is 7.11 Å². The van der Waals surface area contributed by atoms with E-state index in [1.54, 1.807) is 14.0 Å². The van der Waals surface area contributed by atoms with Crippen LogP contribution in [0.2, 0.25) is 0 Å². The topological polar surface area (TPSA) is 26.3 Å². The number of hydrogen-bond donors (Lipinski definition) is 0. The zero-order valence-electron chi connectivity index (χ0n) is 8.33. The molecule has 2 nitrogen and oxygen atoms in total. The molecule has 0 heterocycles. The van der Waals surface area contributed by atoms with Gasteiger partial charge in [-0.25, -0.2) is 0 Å². The van der Waals surface area contributed by atoms with Crippen LogP contribution in [0.1, 0.15) is 18.1 Å². The number of methoxy groups -OCH3 is 1. The fourth-order valence-electron chi connectivity index (χ4n) is 1.78. The minimum absolute atomic E-state index is 0.133. The molecule has 0 atom stereocenters. The van der Waals surface area contributed by atoms with E-state index < -0.39 is 0 Å². The number of hydrogen-bond acceptors (Lipinski definition) is 2. The fourth-order valence-corrected chi connectivity index (χ4v) is 1.78. The first kappa shape index (κ1) is 9.00. The van der Waals surface area contributed by atoms with Crippen LogP contribution in [0, 0.1) is 0 Å². The van der Waals surface area contributed by atoms with Crippen LogP contribution in [0.4, 0.5) is 0 Å². The van der Waals surface area contributed by atoms with Gasteiger partial charge < -0.3 is 4.74 Å². The van der Waals surface area contributed by atoms with E-state index in [0.717, 1.165) is 23.3 Å². The molecular formula is C12H12O2. The Morgan fingerprint density at radius 1 is 1.43 bits per heavy atom. The average Bonchev–Trinajstić information content (AvgIpc) is 2.59. The second-order valence-corrected chi connectivity index (χ2v) is 3.40. The molecule has 14 heavy (non-hydrogen) atoms. The predicted molar refractivity (Wildman–Crippen MR) is 55.4 cm³/mol. The number of ketones is 1. The lowest BCUT2D eigenvalue weighted by molar-refractivity contribution is -0.111. The molecule has 0 aromatic heterocycles. The lowest BCUT2D eigenvalue weighted by atomic mass is 10.0. The van der Waals surface area contributed by atoms with Crippen molar-refractivity contribution in [3.63, 3.8) is 0 Å². The van der Waals surface area contributed by atoms with Gasteiger partial charge in [-0.3, -0.25) is 4.79 Å². The Hall–Kier alpha value is -1.57. The van der Waals surface area contributed by atoms with Gasteiger partial charge in [0, 0.05) is 5.57 Å². The molecule has 1 aromatic rings.